The first kappa shape index (κ1) is 15.7. The van der Waals surface area contributed by atoms with Gasteiger partial charge < -0.3 is 0 Å². The van der Waals surface area contributed by atoms with E-state index in [4.69, 9.17) is 0 Å². The van der Waals surface area contributed by atoms with Crippen molar-refractivity contribution in [2.45, 2.75) is 44.9 Å². The lowest BCUT2D eigenvalue weighted by Crippen LogP contribution is -2.28. The molecule has 0 unspecified atom stereocenters. The van der Waals surface area contributed by atoms with Crippen LogP contribution in [0.1, 0.15) is 50.7 Å². The van der Waals surface area contributed by atoms with Gasteiger partial charge in [0.15, 0.2) is 0 Å². The highest BCUT2D eigenvalue weighted by Gasteiger charge is 2.33. The van der Waals surface area contributed by atoms with Gasteiger partial charge in [0.05, 0.1) is 5.52 Å². The molecule has 0 aliphatic carbocycles. The van der Waals surface area contributed by atoms with Crippen molar-refractivity contribution in [3.63, 3.8) is 0 Å². The molecule has 3 aromatic rings. The van der Waals surface area contributed by atoms with E-state index in [-0.39, 0.29) is 5.41 Å². The van der Waals surface area contributed by atoms with Gasteiger partial charge in [-0.25, -0.2) is 0 Å². The molecule has 0 radical (unpaired) electrons. The molecule has 118 valence electrons. The number of aromatic nitrogens is 1. The number of para-hydroxylation sites is 1. The zero-order valence-electron chi connectivity index (χ0n) is 14.1. The van der Waals surface area contributed by atoms with Crippen LogP contribution in [0.4, 0.5) is 0 Å². The van der Waals surface area contributed by atoms with E-state index in [0.29, 0.717) is 0 Å². The number of benzene rings is 2. The van der Waals surface area contributed by atoms with E-state index in [2.05, 4.69) is 79.5 Å². The third kappa shape index (κ3) is 2.88. The van der Waals surface area contributed by atoms with Gasteiger partial charge in [0.1, 0.15) is 0 Å². The summed E-state index contributed by atoms with van der Waals surface area (Å²) >= 11 is 0. The Labute approximate surface area is 139 Å². The molecule has 0 spiro atoms. The summed E-state index contributed by atoms with van der Waals surface area (Å²) in [6, 6.07) is 21.8. The van der Waals surface area contributed by atoms with E-state index >= 15 is 0 Å². The van der Waals surface area contributed by atoms with Crippen LogP contribution in [0.3, 0.4) is 0 Å². The van der Waals surface area contributed by atoms with Crippen molar-refractivity contribution in [2.75, 3.05) is 0 Å². The molecule has 1 heteroatoms. The second-order valence-electron chi connectivity index (χ2n) is 6.32. The van der Waals surface area contributed by atoms with Crippen LogP contribution < -0.4 is 0 Å². The smallest absolute Gasteiger partial charge is 0.0705 e. The Morgan fingerprint density at radius 1 is 0.783 bits per heavy atom. The third-order valence-electron chi connectivity index (χ3n) is 4.84. The molecule has 0 amide bonds. The Hall–Kier alpha value is -2.15. The van der Waals surface area contributed by atoms with Crippen LogP contribution >= 0.6 is 0 Å². The SMILES string of the molecule is CCCC(CCC)(c1ccccc1)c1ccnc2ccccc12. The second-order valence-corrected chi connectivity index (χ2v) is 6.32. The predicted octanol–water partition coefficient (Wildman–Crippen LogP) is 6.12. The highest BCUT2D eigenvalue weighted by atomic mass is 14.6. The van der Waals surface area contributed by atoms with Crippen LogP contribution in [0.5, 0.6) is 0 Å². The molecule has 23 heavy (non-hydrogen) atoms. The molecule has 0 N–H and O–H groups in total. The van der Waals surface area contributed by atoms with E-state index in [1.807, 2.05) is 6.20 Å². The van der Waals surface area contributed by atoms with Gasteiger partial charge >= 0.3 is 0 Å². The van der Waals surface area contributed by atoms with Gasteiger partial charge in [0, 0.05) is 17.0 Å². The van der Waals surface area contributed by atoms with Crippen LogP contribution in [-0.4, -0.2) is 4.98 Å². The lowest BCUT2D eigenvalue weighted by atomic mass is 9.68. The van der Waals surface area contributed by atoms with Gasteiger partial charge in [-0.05, 0) is 36.1 Å². The summed E-state index contributed by atoms with van der Waals surface area (Å²) in [6.45, 7) is 4.58. The van der Waals surface area contributed by atoms with Gasteiger partial charge in [-0.3, -0.25) is 4.98 Å². The fourth-order valence-corrected chi connectivity index (χ4v) is 3.96. The zero-order chi connectivity index (χ0) is 16.1. The predicted molar refractivity (Wildman–Crippen MR) is 98.8 cm³/mol. The first-order valence-electron chi connectivity index (χ1n) is 8.71. The van der Waals surface area contributed by atoms with Gasteiger partial charge in [-0.1, -0.05) is 75.2 Å². The lowest BCUT2D eigenvalue weighted by molar-refractivity contribution is 0.429. The molecule has 0 fully saturated rings. The van der Waals surface area contributed by atoms with Crippen molar-refractivity contribution in [3.8, 4) is 0 Å². The molecule has 1 nitrogen and oxygen atoms in total. The minimum atomic E-state index is 0.0767. The average molecular weight is 303 g/mol. The summed E-state index contributed by atoms with van der Waals surface area (Å²) in [6.07, 6.45) is 6.65. The molecule has 2 aromatic carbocycles. The molecule has 1 aromatic heterocycles. The molecule has 0 atom stereocenters. The number of pyridine rings is 1. The highest BCUT2D eigenvalue weighted by molar-refractivity contribution is 5.83. The van der Waals surface area contributed by atoms with Gasteiger partial charge in [0.2, 0.25) is 0 Å². The molecule has 0 aliphatic rings. The standard InChI is InChI=1S/C22H25N/c1-3-15-22(16-4-2,18-10-6-5-7-11-18)20-14-17-23-21-13-9-8-12-19(20)21/h5-14,17H,3-4,15-16H2,1-2H3. The number of hydrogen-bond donors (Lipinski definition) is 0. The first-order valence-corrected chi connectivity index (χ1v) is 8.71. The average Bonchev–Trinajstić information content (AvgIpc) is 2.62. The zero-order valence-corrected chi connectivity index (χ0v) is 14.1. The summed E-state index contributed by atoms with van der Waals surface area (Å²) in [5, 5.41) is 1.29. The van der Waals surface area contributed by atoms with E-state index in [1.165, 1.54) is 42.2 Å². The monoisotopic (exact) mass is 303 g/mol. The third-order valence-corrected chi connectivity index (χ3v) is 4.84. The van der Waals surface area contributed by atoms with Crippen molar-refractivity contribution < 1.29 is 0 Å². The maximum atomic E-state index is 4.57. The number of hydrogen-bond acceptors (Lipinski definition) is 1. The van der Waals surface area contributed by atoms with Crippen molar-refractivity contribution in [3.05, 3.63) is 78.0 Å². The van der Waals surface area contributed by atoms with Gasteiger partial charge in [0.25, 0.3) is 0 Å². The van der Waals surface area contributed by atoms with Crippen LogP contribution in [0.25, 0.3) is 10.9 Å². The molecule has 0 saturated carbocycles. The topological polar surface area (TPSA) is 12.9 Å². The Morgan fingerprint density at radius 3 is 2.13 bits per heavy atom. The first-order chi connectivity index (χ1) is 11.3. The Balaban J connectivity index is 2.29. The van der Waals surface area contributed by atoms with Crippen LogP contribution in [0.15, 0.2) is 66.9 Å². The van der Waals surface area contributed by atoms with Gasteiger partial charge in [-0.15, -0.1) is 0 Å². The van der Waals surface area contributed by atoms with E-state index in [1.54, 1.807) is 0 Å². The minimum absolute atomic E-state index is 0.0767. The molecule has 0 saturated heterocycles. The highest BCUT2D eigenvalue weighted by Crippen LogP contribution is 2.43. The van der Waals surface area contributed by atoms with Gasteiger partial charge in [-0.2, -0.15) is 0 Å². The van der Waals surface area contributed by atoms with Crippen molar-refractivity contribution in [2.24, 2.45) is 0 Å². The largest absolute Gasteiger partial charge is 0.256 e. The quantitative estimate of drug-likeness (QED) is 0.534. The number of fused-ring (bicyclic) bond motifs is 1. The summed E-state index contributed by atoms with van der Waals surface area (Å²) < 4.78 is 0. The summed E-state index contributed by atoms with van der Waals surface area (Å²) in [5.74, 6) is 0. The normalized spacial score (nSPS) is 11.7. The van der Waals surface area contributed by atoms with E-state index < -0.39 is 0 Å². The minimum Gasteiger partial charge on any atom is -0.256 e. The summed E-state index contributed by atoms with van der Waals surface area (Å²) in [5.41, 5.74) is 4.03. The van der Waals surface area contributed by atoms with Crippen molar-refractivity contribution in [1.82, 2.24) is 4.98 Å². The fourth-order valence-electron chi connectivity index (χ4n) is 3.96. The molecule has 0 aliphatic heterocycles. The molecule has 0 bridgehead atoms. The molecular weight excluding hydrogens is 278 g/mol. The van der Waals surface area contributed by atoms with Crippen molar-refractivity contribution >= 4 is 10.9 Å². The Kier molecular flexibility index (Phi) is 4.76. The maximum absolute atomic E-state index is 4.57. The fraction of sp³-hybridized carbons (Fsp3) is 0.318. The van der Waals surface area contributed by atoms with Crippen molar-refractivity contribution in [1.29, 1.82) is 0 Å². The summed E-state index contributed by atoms with van der Waals surface area (Å²) in [7, 11) is 0. The van der Waals surface area contributed by atoms with E-state index in [0.717, 1.165) is 5.52 Å². The Bertz CT molecular complexity index is 750. The number of nitrogens with zero attached hydrogens (tertiary/aromatic N) is 1. The lowest BCUT2D eigenvalue weighted by Gasteiger charge is -2.36. The number of rotatable bonds is 6. The molecular formula is C22H25N. The van der Waals surface area contributed by atoms with Crippen LogP contribution in [-0.2, 0) is 5.41 Å². The summed E-state index contributed by atoms with van der Waals surface area (Å²) in [4.78, 5) is 4.57. The van der Waals surface area contributed by atoms with Crippen LogP contribution in [0.2, 0.25) is 0 Å². The van der Waals surface area contributed by atoms with Crippen LogP contribution in [0, 0.1) is 0 Å². The van der Waals surface area contributed by atoms with E-state index in [9.17, 15) is 0 Å². The second kappa shape index (κ2) is 6.95. The molecule has 3 rings (SSSR count). The maximum Gasteiger partial charge on any atom is 0.0705 e. The Morgan fingerprint density at radius 2 is 1.43 bits per heavy atom. The molecule has 1 heterocycles.